The third-order valence-electron chi connectivity index (χ3n) is 5.11. The number of rotatable bonds is 8. The fourth-order valence-corrected chi connectivity index (χ4v) is 4.78. The molecule has 1 heterocycles. The Hall–Kier alpha value is -1.96. The first-order valence-corrected chi connectivity index (χ1v) is 12.2. The fraction of sp³-hybridized carbons (Fsp3) is 0.318. The van der Waals surface area contributed by atoms with E-state index in [0.717, 1.165) is 44.0 Å². The highest BCUT2D eigenvalue weighted by atomic mass is 79.9. The number of aryl methyl sites for hydroxylation is 2. The van der Waals surface area contributed by atoms with Gasteiger partial charge in [-0.3, -0.25) is 4.79 Å². The summed E-state index contributed by atoms with van der Waals surface area (Å²) >= 11 is 3.62. The highest BCUT2D eigenvalue weighted by Crippen LogP contribution is 2.32. The minimum Gasteiger partial charge on any atom is -0.343 e. The summed E-state index contributed by atoms with van der Waals surface area (Å²) in [5.74, 6) is 0.0907. The van der Waals surface area contributed by atoms with Gasteiger partial charge < -0.3 is 4.57 Å². The molecule has 154 valence electrons. The van der Waals surface area contributed by atoms with Crippen LogP contribution in [-0.4, -0.2) is 31.6 Å². The quantitative estimate of drug-likeness (QED) is 0.387. The van der Waals surface area contributed by atoms with Crippen molar-refractivity contribution in [2.24, 2.45) is 0 Å². The molecule has 0 radical (unpaired) electrons. The summed E-state index contributed by atoms with van der Waals surface area (Å²) in [7, 11) is -3.21. The van der Waals surface area contributed by atoms with Crippen molar-refractivity contribution < 1.29 is 13.2 Å². The third-order valence-corrected chi connectivity index (χ3v) is 6.47. The summed E-state index contributed by atoms with van der Waals surface area (Å²) in [5.41, 5.74) is 4.75. The van der Waals surface area contributed by atoms with E-state index in [4.69, 9.17) is 0 Å². The molecule has 1 N–H and O–H groups in total. The maximum atomic E-state index is 13.3. The Balaban J connectivity index is 1.95. The zero-order valence-electron chi connectivity index (χ0n) is 16.8. The number of nitrogens with zero attached hydrogens (tertiary/aromatic N) is 1. The van der Waals surface area contributed by atoms with E-state index in [9.17, 15) is 13.2 Å². The number of hydrogen-bond donors (Lipinski definition) is 1. The Kier molecular flexibility index (Phi) is 6.61. The van der Waals surface area contributed by atoms with Crippen molar-refractivity contribution in [2.45, 2.75) is 33.2 Å². The molecular weight excluding hydrogens is 452 g/mol. The molecule has 0 aliphatic rings. The van der Waals surface area contributed by atoms with Gasteiger partial charge >= 0.3 is 0 Å². The van der Waals surface area contributed by atoms with Crippen LogP contribution in [0.1, 0.15) is 33.6 Å². The number of Topliss-reactive ketones (excluding diaryl/α,β-unsaturated/α-hetero) is 1. The van der Waals surface area contributed by atoms with Gasteiger partial charge in [0.15, 0.2) is 5.78 Å². The summed E-state index contributed by atoms with van der Waals surface area (Å²) in [6, 6.07) is 13.8. The van der Waals surface area contributed by atoms with Crippen molar-refractivity contribution >= 4 is 42.6 Å². The van der Waals surface area contributed by atoms with Gasteiger partial charge in [0, 0.05) is 40.6 Å². The van der Waals surface area contributed by atoms with Crippen LogP contribution in [0.15, 0.2) is 46.9 Å². The fourth-order valence-electron chi connectivity index (χ4n) is 3.68. The zero-order valence-corrected chi connectivity index (χ0v) is 19.2. The van der Waals surface area contributed by atoms with E-state index in [-0.39, 0.29) is 5.78 Å². The number of ketones is 1. The van der Waals surface area contributed by atoms with Crippen molar-refractivity contribution in [1.82, 2.24) is 9.29 Å². The molecule has 7 heteroatoms. The molecule has 0 saturated carbocycles. The van der Waals surface area contributed by atoms with Crippen LogP contribution in [-0.2, 0) is 23.0 Å². The molecule has 2 aromatic carbocycles. The molecule has 0 spiro atoms. The largest absolute Gasteiger partial charge is 0.343 e. The molecule has 0 unspecified atom stereocenters. The molecule has 29 heavy (non-hydrogen) atoms. The molecular formula is C22H25BrN2O3S. The lowest BCUT2D eigenvalue weighted by Crippen LogP contribution is -2.24. The number of fused-ring (bicyclic) bond motifs is 1. The number of aromatic nitrogens is 1. The van der Waals surface area contributed by atoms with Gasteiger partial charge in [0.1, 0.15) is 0 Å². The van der Waals surface area contributed by atoms with Crippen LogP contribution in [0.25, 0.3) is 10.9 Å². The average Bonchev–Trinajstić information content (AvgIpc) is 2.93. The average molecular weight is 477 g/mol. The lowest BCUT2D eigenvalue weighted by molar-refractivity contribution is 0.0993. The summed E-state index contributed by atoms with van der Waals surface area (Å²) < 4.78 is 28.1. The van der Waals surface area contributed by atoms with Crippen LogP contribution < -0.4 is 4.72 Å². The number of sulfonamides is 1. The summed E-state index contributed by atoms with van der Waals surface area (Å²) in [6.07, 6.45) is 2.14. The minimum atomic E-state index is -3.21. The standard InChI is InChI=1S/C22H25BrN2O3S/c1-15-8-4-5-9-17(15)14-20(26)21-16(2)25(13-7-12-24-29(3,27)28)22-18(21)10-6-11-19(22)23/h4-6,8-11,24H,7,12-14H2,1-3H3. The molecule has 5 nitrogen and oxygen atoms in total. The van der Waals surface area contributed by atoms with E-state index in [1.165, 1.54) is 0 Å². The molecule has 3 rings (SSSR count). The number of halogens is 1. The first-order chi connectivity index (χ1) is 13.7. The zero-order chi connectivity index (χ0) is 21.2. The second kappa shape index (κ2) is 8.81. The molecule has 0 atom stereocenters. The van der Waals surface area contributed by atoms with Gasteiger partial charge in [-0.05, 0) is 53.4 Å². The van der Waals surface area contributed by atoms with Crippen molar-refractivity contribution in [3.05, 3.63) is 69.3 Å². The minimum absolute atomic E-state index is 0.0907. The highest BCUT2D eigenvalue weighted by Gasteiger charge is 2.21. The van der Waals surface area contributed by atoms with Gasteiger partial charge in [0.25, 0.3) is 0 Å². The lowest BCUT2D eigenvalue weighted by atomic mass is 9.98. The van der Waals surface area contributed by atoms with E-state index < -0.39 is 10.0 Å². The van der Waals surface area contributed by atoms with Crippen LogP contribution in [0, 0.1) is 13.8 Å². The number of benzene rings is 2. The number of hydrogen-bond acceptors (Lipinski definition) is 3. The smallest absolute Gasteiger partial charge is 0.208 e. The molecule has 0 amide bonds. The van der Waals surface area contributed by atoms with Crippen LogP contribution in [0.5, 0.6) is 0 Å². The molecule has 0 aliphatic heterocycles. The van der Waals surface area contributed by atoms with Crippen molar-refractivity contribution in [2.75, 3.05) is 12.8 Å². The first kappa shape index (κ1) is 21.7. The number of nitrogens with one attached hydrogen (secondary N) is 1. The first-order valence-electron chi connectivity index (χ1n) is 9.48. The number of para-hydroxylation sites is 1. The Morgan fingerprint density at radius 1 is 1.10 bits per heavy atom. The Labute approximate surface area is 180 Å². The van der Waals surface area contributed by atoms with E-state index in [2.05, 4.69) is 25.2 Å². The van der Waals surface area contributed by atoms with Crippen LogP contribution >= 0.6 is 15.9 Å². The van der Waals surface area contributed by atoms with Crippen molar-refractivity contribution in [3.63, 3.8) is 0 Å². The lowest BCUT2D eigenvalue weighted by Gasteiger charge is -2.10. The molecule has 3 aromatic rings. The summed E-state index contributed by atoms with van der Waals surface area (Å²) in [5, 5.41) is 0.923. The maximum Gasteiger partial charge on any atom is 0.208 e. The van der Waals surface area contributed by atoms with Gasteiger partial charge in [-0.25, -0.2) is 13.1 Å². The Bertz CT molecular complexity index is 1170. The molecule has 0 fully saturated rings. The summed E-state index contributed by atoms with van der Waals surface area (Å²) in [4.78, 5) is 13.3. The van der Waals surface area contributed by atoms with Gasteiger partial charge in [-0.1, -0.05) is 36.4 Å². The van der Waals surface area contributed by atoms with E-state index in [0.29, 0.717) is 25.9 Å². The van der Waals surface area contributed by atoms with Crippen molar-refractivity contribution in [3.8, 4) is 0 Å². The molecule has 1 aromatic heterocycles. The molecule has 0 bridgehead atoms. The number of carbonyl (C=O) groups is 1. The van der Waals surface area contributed by atoms with Crippen LogP contribution in [0.4, 0.5) is 0 Å². The summed E-state index contributed by atoms with van der Waals surface area (Å²) in [6.45, 7) is 4.95. The molecule has 0 aliphatic carbocycles. The van der Waals surface area contributed by atoms with Crippen LogP contribution in [0.3, 0.4) is 0 Å². The van der Waals surface area contributed by atoms with E-state index in [1.807, 2.05) is 56.3 Å². The van der Waals surface area contributed by atoms with Crippen LogP contribution in [0.2, 0.25) is 0 Å². The Morgan fingerprint density at radius 3 is 2.52 bits per heavy atom. The second-order valence-electron chi connectivity index (χ2n) is 7.29. The SMILES string of the molecule is Cc1ccccc1CC(=O)c1c(C)n(CCCNS(C)(=O)=O)c2c(Br)cccc12. The Morgan fingerprint density at radius 2 is 1.83 bits per heavy atom. The monoisotopic (exact) mass is 476 g/mol. The highest BCUT2D eigenvalue weighted by molar-refractivity contribution is 9.10. The van der Waals surface area contributed by atoms with Gasteiger partial charge in [0.05, 0.1) is 11.8 Å². The second-order valence-corrected chi connectivity index (χ2v) is 9.98. The van der Waals surface area contributed by atoms with Crippen molar-refractivity contribution in [1.29, 1.82) is 0 Å². The van der Waals surface area contributed by atoms with Gasteiger partial charge in [-0.2, -0.15) is 0 Å². The topological polar surface area (TPSA) is 68.2 Å². The van der Waals surface area contributed by atoms with Gasteiger partial charge in [-0.15, -0.1) is 0 Å². The van der Waals surface area contributed by atoms with E-state index >= 15 is 0 Å². The normalized spacial score (nSPS) is 11.9. The predicted molar refractivity (Wildman–Crippen MR) is 121 cm³/mol. The van der Waals surface area contributed by atoms with Gasteiger partial charge in [0.2, 0.25) is 10.0 Å². The predicted octanol–water partition coefficient (Wildman–Crippen LogP) is 4.39. The maximum absolute atomic E-state index is 13.3. The number of carbonyl (C=O) groups excluding carboxylic acids is 1. The van der Waals surface area contributed by atoms with E-state index in [1.54, 1.807) is 0 Å². The molecule has 0 saturated heterocycles. The third kappa shape index (κ3) is 4.97.